The first-order valence-corrected chi connectivity index (χ1v) is 7.59. The lowest BCUT2D eigenvalue weighted by molar-refractivity contribution is -0.0997. The summed E-state index contributed by atoms with van der Waals surface area (Å²) in [6.07, 6.45) is 1.59. The standard InChI is InChI=1S/C14H19N3O2S/c1-9-8-10-11(15-2)16-13(17-12(10)20-9)14(18-3)4-6-19-7-5-14/h8H,4-7H2,1-3H3,(H,15,16,17). The number of methoxy groups -OCH3 is 1. The molecule has 0 radical (unpaired) electrons. The molecule has 1 N–H and O–H groups in total. The van der Waals surface area contributed by atoms with Crippen LogP contribution in [-0.2, 0) is 15.1 Å². The molecule has 0 unspecified atom stereocenters. The monoisotopic (exact) mass is 293 g/mol. The molecule has 0 saturated carbocycles. The van der Waals surface area contributed by atoms with Gasteiger partial charge in [-0.05, 0) is 13.0 Å². The van der Waals surface area contributed by atoms with Gasteiger partial charge < -0.3 is 14.8 Å². The molecule has 2 aromatic heterocycles. The van der Waals surface area contributed by atoms with E-state index in [0.717, 1.165) is 34.7 Å². The van der Waals surface area contributed by atoms with Gasteiger partial charge in [-0.3, -0.25) is 0 Å². The molecule has 5 nitrogen and oxygen atoms in total. The van der Waals surface area contributed by atoms with Crippen LogP contribution in [0.5, 0.6) is 0 Å². The molecule has 0 aliphatic carbocycles. The molecule has 6 heteroatoms. The molecule has 1 aliphatic rings. The van der Waals surface area contributed by atoms with Crippen LogP contribution in [-0.4, -0.2) is 37.3 Å². The highest BCUT2D eigenvalue weighted by molar-refractivity contribution is 7.18. The predicted octanol–water partition coefficient (Wildman–Crippen LogP) is 2.69. The number of rotatable bonds is 3. The van der Waals surface area contributed by atoms with Gasteiger partial charge in [-0.2, -0.15) is 0 Å². The second-order valence-electron chi connectivity index (χ2n) is 5.03. The number of thiophene rings is 1. The summed E-state index contributed by atoms with van der Waals surface area (Å²) >= 11 is 1.69. The van der Waals surface area contributed by atoms with Gasteiger partial charge in [0, 0.05) is 45.1 Å². The van der Waals surface area contributed by atoms with Crippen LogP contribution in [0.25, 0.3) is 10.2 Å². The summed E-state index contributed by atoms with van der Waals surface area (Å²) in [5, 5.41) is 4.25. The van der Waals surface area contributed by atoms with Crippen molar-refractivity contribution in [3.63, 3.8) is 0 Å². The Morgan fingerprint density at radius 2 is 2.10 bits per heavy atom. The topological polar surface area (TPSA) is 56.3 Å². The van der Waals surface area contributed by atoms with Crippen LogP contribution in [0.2, 0.25) is 0 Å². The zero-order valence-electron chi connectivity index (χ0n) is 12.0. The molecule has 1 aliphatic heterocycles. The van der Waals surface area contributed by atoms with E-state index in [4.69, 9.17) is 19.4 Å². The van der Waals surface area contributed by atoms with Crippen molar-refractivity contribution in [1.29, 1.82) is 0 Å². The molecule has 20 heavy (non-hydrogen) atoms. The van der Waals surface area contributed by atoms with E-state index in [1.807, 2.05) is 7.05 Å². The summed E-state index contributed by atoms with van der Waals surface area (Å²) in [5.74, 6) is 1.64. The summed E-state index contributed by atoms with van der Waals surface area (Å²) in [4.78, 5) is 11.7. The molecule has 1 saturated heterocycles. The Morgan fingerprint density at radius 1 is 1.35 bits per heavy atom. The Kier molecular flexibility index (Phi) is 3.62. The first-order chi connectivity index (χ1) is 9.68. The van der Waals surface area contributed by atoms with E-state index in [1.165, 1.54) is 4.88 Å². The van der Waals surface area contributed by atoms with E-state index >= 15 is 0 Å². The number of hydrogen-bond donors (Lipinski definition) is 1. The molecule has 0 spiro atoms. The smallest absolute Gasteiger partial charge is 0.164 e. The first kappa shape index (κ1) is 13.7. The quantitative estimate of drug-likeness (QED) is 0.943. The van der Waals surface area contributed by atoms with Crippen molar-refractivity contribution in [3.8, 4) is 0 Å². The molecular weight excluding hydrogens is 274 g/mol. The molecule has 0 atom stereocenters. The summed E-state index contributed by atoms with van der Waals surface area (Å²) in [7, 11) is 3.62. The normalized spacial score (nSPS) is 18.4. The van der Waals surface area contributed by atoms with Crippen LogP contribution in [0.3, 0.4) is 0 Å². The summed E-state index contributed by atoms with van der Waals surface area (Å²) < 4.78 is 11.2. The third-order valence-corrected chi connectivity index (χ3v) is 4.80. The van der Waals surface area contributed by atoms with Gasteiger partial charge in [0.15, 0.2) is 5.82 Å². The van der Waals surface area contributed by atoms with Crippen molar-refractivity contribution in [2.45, 2.75) is 25.4 Å². The van der Waals surface area contributed by atoms with Crippen molar-refractivity contribution in [2.24, 2.45) is 0 Å². The SMILES string of the molecule is CNc1nc(C2(OC)CCOCC2)nc2sc(C)cc12. The summed E-state index contributed by atoms with van der Waals surface area (Å²) in [5.41, 5.74) is -0.421. The molecule has 3 rings (SSSR count). The largest absolute Gasteiger partial charge is 0.381 e. The number of aryl methyl sites for hydroxylation is 1. The number of ether oxygens (including phenoxy) is 2. The minimum atomic E-state index is -0.421. The van der Waals surface area contributed by atoms with Gasteiger partial charge in [-0.25, -0.2) is 9.97 Å². The highest BCUT2D eigenvalue weighted by Crippen LogP contribution is 2.37. The molecular formula is C14H19N3O2S. The van der Waals surface area contributed by atoms with Crippen molar-refractivity contribution in [1.82, 2.24) is 9.97 Å². The Balaban J connectivity index is 2.14. The molecule has 0 bridgehead atoms. The van der Waals surface area contributed by atoms with E-state index in [9.17, 15) is 0 Å². The maximum absolute atomic E-state index is 5.79. The van der Waals surface area contributed by atoms with Crippen LogP contribution in [0.1, 0.15) is 23.5 Å². The third-order valence-electron chi connectivity index (χ3n) is 3.85. The molecule has 0 aromatic carbocycles. The Bertz CT molecular complexity index is 620. The average Bonchev–Trinajstić information content (AvgIpc) is 2.87. The lowest BCUT2D eigenvalue weighted by Crippen LogP contribution is -2.37. The van der Waals surface area contributed by atoms with Crippen LogP contribution in [0.4, 0.5) is 5.82 Å². The van der Waals surface area contributed by atoms with E-state index in [-0.39, 0.29) is 0 Å². The highest BCUT2D eigenvalue weighted by atomic mass is 32.1. The Labute approximate surface area is 122 Å². The lowest BCUT2D eigenvalue weighted by Gasteiger charge is -2.34. The predicted molar refractivity (Wildman–Crippen MR) is 80.4 cm³/mol. The second kappa shape index (κ2) is 5.27. The first-order valence-electron chi connectivity index (χ1n) is 6.78. The highest BCUT2D eigenvalue weighted by Gasteiger charge is 2.38. The van der Waals surface area contributed by atoms with E-state index < -0.39 is 5.60 Å². The van der Waals surface area contributed by atoms with Crippen LogP contribution in [0.15, 0.2) is 6.07 Å². The van der Waals surface area contributed by atoms with Crippen LogP contribution in [0, 0.1) is 6.92 Å². The van der Waals surface area contributed by atoms with E-state index in [0.29, 0.717) is 13.2 Å². The van der Waals surface area contributed by atoms with Gasteiger partial charge in [0.25, 0.3) is 0 Å². The number of aromatic nitrogens is 2. The zero-order valence-corrected chi connectivity index (χ0v) is 12.8. The Hall–Kier alpha value is -1.24. The molecule has 0 amide bonds. The van der Waals surface area contributed by atoms with E-state index in [2.05, 4.69) is 18.3 Å². The fraction of sp³-hybridized carbons (Fsp3) is 0.571. The van der Waals surface area contributed by atoms with Gasteiger partial charge in [0.2, 0.25) is 0 Å². The average molecular weight is 293 g/mol. The maximum atomic E-state index is 5.79. The summed E-state index contributed by atoms with van der Waals surface area (Å²) in [6, 6.07) is 2.12. The third kappa shape index (κ3) is 2.17. The van der Waals surface area contributed by atoms with Gasteiger partial charge in [0.1, 0.15) is 16.2 Å². The van der Waals surface area contributed by atoms with Crippen molar-refractivity contribution < 1.29 is 9.47 Å². The number of hydrogen-bond acceptors (Lipinski definition) is 6. The van der Waals surface area contributed by atoms with Gasteiger partial charge in [-0.1, -0.05) is 0 Å². The van der Waals surface area contributed by atoms with Crippen LogP contribution >= 0.6 is 11.3 Å². The maximum Gasteiger partial charge on any atom is 0.164 e. The second-order valence-corrected chi connectivity index (χ2v) is 6.27. The van der Waals surface area contributed by atoms with Gasteiger partial charge in [-0.15, -0.1) is 11.3 Å². The molecule has 3 heterocycles. The van der Waals surface area contributed by atoms with Gasteiger partial charge in [0.05, 0.1) is 5.39 Å². The minimum absolute atomic E-state index is 0.421. The molecule has 1 fully saturated rings. The van der Waals surface area contributed by atoms with Crippen LogP contribution < -0.4 is 5.32 Å². The van der Waals surface area contributed by atoms with Gasteiger partial charge >= 0.3 is 0 Å². The van der Waals surface area contributed by atoms with Crippen molar-refractivity contribution in [3.05, 3.63) is 16.8 Å². The zero-order chi connectivity index (χ0) is 14.2. The number of nitrogens with zero attached hydrogens (tertiary/aromatic N) is 2. The Morgan fingerprint density at radius 3 is 2.75 bits per heavy atom. The van der Waals surface area contributed by atoms with Crippen molar-refractivity contribution >= 4 is 27.4 Å². The summed E-state index contributed by atoms with van der Waals surface area (Å²) in [6.45, 7) is 3.47. The fourth-order valence-corrected chi connectivity index (χ4v) is 3.54. The lowest BCUT2D eigenvalue weighted by atomic mass is 9.93. The number of anilines is 1. The molecule has 108 valence electrons. The van der Waals surface area contributed by atoms with E-state index in [1.54, 1.807) is 18.4 Å². The number of fused-ring (bicyclic) bond motifs is 1. The van der Waals surface area contributed by atoms with Crippen molar-refractivity contribution in [2.75, 3.05) is 32.7 Å². The number of nitrogens with one attached hydrogen (secondary N) is 1. The molecule has 2 aromatic rings. The fourth-order valence-electron chi connectivity index (χ4n) is 2.66. The minimum Gasteiger partial charge on any atom is -0.381 e.